The summed E-state index contributed by atoms with van der Waals surface area (Å²) >= 11 is 0. The molecule has 122 valence electrons. The van der Waals surface area contributed by atoms with Crippen molar-refractivity contribution in [2.24, 2.45) is 0 Å². The standard InChI is InChI=1S/C18H24N4O/c1-5-6-11-22(4)18-19-13(2)12-17(21-18)20-16-9-7-15(8-10-16)14(3)23/h7-10,12H,5-6,11H2,1-4H3,(H,19,20,21). The highest BCUT2D eigenvalue weighted by Crippen LogP contribution is 2.19. The predicted octanol–water partition coefficient (Wildman–Crippen LogP) is 3.97. The number of ketones is 1. The van der Waals surface area contributed by atoms with Gasteiger partial charge in [-0.05, 0) is 44.5 Å². The lowest BCUT2D eigenvalue weighted by atomic mass is 10.1. The maximum atomic E-state index is 11.3. The van der Waals surface area contributed by atoms with E-state index in [4.69, 9.17) is 0 Å². The molecular formula is C18H24N4O. The molecule has 0 fully saturated rings. The average Bonchev–Trinajstić information content (AvgIpc) is 2.52. The number of hydrogen-bond acceptors (Lipinski definition) is 5. The van der Waals surface area contributed by atoms with Gasteiger partial charge < -0.3 is 10.2 Å². The lowest BCUT2D eigenvalue weighted by Gasteiger charge is -2.18. The number of hydrogen-bond donors (Lipinski definition) is 1. The third-order valence-electron chi connectivity index (χ3n) is 3.59. The van der Waals surface area contributed by atoms with E-state index in [1.165, 1.54) is 0 Å². The molecule has 2 rings (SSSR count). The number of rotatable bonds is 7. The van der Waals surface area contributed by atoms with Crippen LogP contribution in [0.3, 0.4) is 0 Å². The van der Waals surface area contributed by atoms with Gasteiger partial charge in [0.1, 0.15) is 5.82 Å². The monoisotopic (exact) mass is 312 g/mol. The van der Waals surface area contributed by atoms with Gasteiger partial charge in [-0.1, -0.05) is 13.3 Å². The smallest absolute Gasteiger partial charge is 0.227 e. The van der Waals surface area contributed by atoms with E-state index in [0.717, 1.165) is 42.5 Å². The Morgan fingerprint density at radius 2 is 1.91 bits per heavy atom. The van der Waals surface area contributed by atoms with Crippen LogP contribution in [0.1, 0.15) is 42.7 Å². The second-order valence-electron chi connectivity index (χ2n) is 5.73. The molecule has 5 nitrogen and oxygen atoms in total. The average molecular weight is 312 g/mol. The number of Topliss-reactive ketones (excluding diaryl/α,β-unsaturated/α-hetero) is 1. The van der Waals surface area contributed by atoms with Crippen LogP contribution in [0.15, 0.2) is 30.3 Å². The van der Waals surface area contributed by atoms with Gasteiger partial charge in [0.25, 0.3) is 0 Å². The summed E-state index contributed by atoms with van der Waals surface area (Å²) in [4.78, 5) is 22.5. The molecule has 0 aliphatic heterocycles. The van der Waals surface area contributed by atoms with E-state index < -0.39 is 0 Å². The van der Waals surface area contributed by atoms with Crippen LogP contribution in [0.5, 0.6) is 0 Å². The summed E-state index contributed by atoms with van der Waals surface area (Å²) in [7, 11) is 2.01. The van der Waals surface area contributed by atoms with Crippen LogP contribution in [-0.2, 0) is 0 Å². The summed E-state index contributed by atoms with van der Waals surface area (Å²) in [6, 6.07) is 9.30. The number of nitrogens with zero attached hydrogens (tertiary/aromatic N) is 3. The van der Waals surface area contributed by atoms with Crippen LogP contribution in [-0.4, -0.2) is 29.3 Å². The third-order valence-corrected chi connectivity index (χ3v) is 3.59. The number of carbonyl (C=O) groups excluding carboxylic acids is 1. The fraction of sp³-hybridized carbons (Fsp3) is 0.389. The Balaban J connectivity index is 2.16. The minimum Gasteiger partial charge on any atom is -0.344 e. The van der Waals surface area contributed by atoms with Gasteiger partial charge in [0.05, 0.1) is 0 Å². The molecule has 2 aromatic rings. The Labute approximate surface area is 137 Å². The van der Waals surface area contributed by atoms with Gasteiger partial charge in [0.15, 0.2) is 5.78 Å². The lowest BCUT2D eigenvalue weighted by Crippen LogP contribution is -2.21. The Morgan fingerprint density at radius 3 is 2.52 bits per heavy atom. The van der Waals surface area contributed by atoms with Crippen molar-refractivity contribution < 1.29 is 4.79 Å². The molecule has 0 unspecified atom stereocenters. The van der Waals surface area contributed by atoms with Gasteiger partial charge in [-0.15, -0.1) is 0 Å². The molecule has 1 aromatic carbocycles. The Morgan fingerprint density at radius 1 is 1.22 bits per heavy atom. The maximum Gasteiger partial charge on any atom is 0.227 e. The molecule has 1 N–H and O–H groups in total. The molecule has 0 spiro atoms. The molecule has 0 bridgehead atoms. The first-order valence-electron chi connectivity index (χ1n) is 7.94. The van der Waals surface area contributed by atoms with Crippen LogP contribution in [0.4, 0.5) is 17.5 Å². The molecule has 0 aliphatic carbocycles. The molecular weight excluding hydrogens is 288 g/mol. The van der Waals surface area contributed by atoms with Crippen LogP contribution < -0.4 is 10.2 Å². The number of nitrogens with one attached hydrogen (secondary N) is 1. The molecule has 0 atom stereocenters. The molecule has 5 heteroatoms. The zero-order valence-corrected chi connectivity index (χ0v) is 14.3. The van der Waals surface area contributed by atoms with Gasteiger partial charge in [-0.25, -0.2) is 4.98 Å². The van der Waals surface area contributed by atoms with E-state index in [2.05, 4.69) is 27.1 Å². The van der Waals surface area contributed by atoms with Crippen molar-refractivity contribution in [3.05, 3.63) is 41.6 Å². The van der Waals surface area contributed by atoms with Crippen molar-refractivity contribution in [3.8, 4) is 0 Å². The van der Waals surface area contributed by atoms with Crippen LogP contribution in [0, 0.1) is 6.92 Å². The number of aryl methyl sites for hydroxylation is 1. The van der Waals surface area contributed by atoms with Crippen LogP contribution >= 0.6 is 0 Å². The molecule has 0 amide bonds. The second kappa shape index (κ2) is 7.72. The van der Waals surface area contributed by atoms with E-state index in [0.29, 0.717) is 5.56 Å². The first-order valence-corrected chi connectivity index (χ1v) is 7.94. The molecule has 0 aliphatic rings. The van der Waals surface area contributed by atoms with E-state index in [1.807, 2.05) is 44.3 Å². The minimum atomic E-state index is 0.0641. The molecule has 23 heavy (non-hydrogen) atoms. The Kier molecular flexibility index (Phi) is 5.68. The summed E-state index contributed by atoms with van der Waals surface area (Å²) in [6.45, 7) is 6.63. The van der Waals surface area contributed by atoms with Crippen molar-refractivity contribution in [1.82, 2.24) is 9.97 Å². The molecule has 1 heterocycles. The quantitative estimate of drug-likeness (QED) is 0.784. The van der Waals surface area contributed by atoms with Crippen LogP contribution in [0.25, 0.3) is 0 Å². The highest BCUT2D eigenvalue weighted by atomic mass is 16.1. The van der Waals surface area contributed by atoms with Crippen molar-refractivity contribution in [2.45, 2.75) is 33.6 Å². The molecule has 0 radical (unpaired) electrons. The first-order chi connectivity index (χ1) is 11.0. The van der Waals surface area contributed by atoms with E-state index in [1.54, 1.807) is 6.92 Å². The third kappa shape index (κ3) is 4.77. The number of aromatic nitrogens is 2. The Hall–Kier alpha value is -2.43. The topological polar surface area (TPSA) is 58.1 Å². The second-order valence-corrected chi connectivity index (χ2v) is 5.73. The van der Waals surface area contributed by atoms with Gasteiger partial charge in [-0.3, -0.25) is 4.79 Å². The summed E-state index contributed by atoms with van der Waals surface area (Å²) in [5.41, 5.74) is 2.52. The number of anilines is 3. The minimum absolute atomic E-state index is 0.0641. The summed E-state index contributed by atoms with van der Waals surface area (Å²) in [5.74, 6) is 1.54. The zero-order chi connectivity index (χ0) is 16.8. The van der Waals surface area contributed by atoms with Gasteiger partial charge in [-0.2, -0.15) is 4.98 Å². The summed E-state index contributed by atoms with van der Waals surface area (Å²) < 4.78 is 0. The highest BCUT2D eigenvalue weighted by molar-refractivity contribution is 5.94. The van der Waals surface area contributed by atoms with Crippen LogP contribution in [0.2, 0.25) is 0 Å². The summed E-state index contributed by atoms with van der Waals surface area (Å²) in [6.07, 6.45) is 2.26. The lowest BCUT2D eigenvalue weighted by molar-refractivity contribution is 0.101. The molecule has 0 saturated heterocycles. The van der Waals surface area contributed by atoms with Gasteiger partial charge in [0.2, 0.25) is 5.95 Å². The van der Waals surface area contributed by atoms with Crippen molar-refractivity contribution in [1.29, 1.82) is 0 Å². The summed E-state index contributed by atoms with van der Waals surface area (Å²) in [5, 5.41) is 3.27. The Bertz CT molecular complexity index is 667. The van der Waals surface area contributed by atoms with E-state index in [9.17, 15) is 4.79 Å². The van der Waals surface area contributed by atoms with Gasteiger partial charge >= 0.3 is 0 Å². The van der Waals surface area contributed by atoms with Gasteiger partial charge in [0, 0.05) is 36.6 Å². The largest absolute Gasteiger partial charge is 0.344 e. The van der Waals surface area contributed by atoms with Crippen molar-refractivity contribution >= 4 is 23.2 Å². The molecule has 0 saturated carbocycles. The van der Waals surface area contributed by atoms with Crippen molar-refractivity contribution in [2.75, 3.05) is 23.8 Å². The first kappa shape index (κ1) is 16.9. The fourth-order valence-electron chi connectivity index (χ4n) is 2.22. The van der Waals surface area contributed by atoms with Crippen molar-refractivity contribution in [3.63, 3.8) is 0 Å². The molecule has 1 aromatic heterocycles. The normalized spacial score (nSPS) is 10.4. The van der Waals surface area contributed by atoms with E-state index >= 15 is 0 Å². The number of carbonyl (C=O) groups is 1. The van der Waals surface area contributed by atoms with E-state index in [-0.39, 0.29) is 5.78 Å². The maximum absolute atomic E-state index is 11.3. The number of unbranched alkanes of at least 4 members (excludes halogenated alkanes) is 1. The fourth-order valence-corrected chi connectivity index (χ4v) is 2.22. The SMILES string of the molecule is CCCCN(C)c1nc(C)cc(Nc2ccc(C(C)=O)cc2)n1. The number of benzene rings is 1. The predicted molar refractivity (Wildman–Crippen MR) is 94.7 cm³/mol. The highest BCUT2D eigenvalue weighted by Gasteiger charge is 2.07. The zero-order valence-electron chi connectivity index (χ0n) is 14.3.